The van der Waals surface area contributed by atoms with E-state index in [2.05, 4.69) is 4.98 Å². The summed E-state index contributed by atoms with van der Waals surface area (Å²) < 4.78 is 0. The number of phenolic OH excluding ortho intramolecular Hbond substituents is 1. The van der Waals surface area contributed by atoms with E-state index in [1.54, 1.807) is 36.4 Å². The first kappa shape index (κ1) is 21.8. The summed E-state index contributed by atoms with van der Waals surface area (Å²) in [6, 6.07) is 19.8. The van der Waals surface area contributed by atoms with Gasteiger partial charge < -0.3 is 20.1 Å². The SMILES string of the molecule is O=C1C(=O)N(CCc2c[nH]c3ccccc23)[C@@H](c2cccc(O)c2)C1=C(O)c1ccc(Cl)cc1. The molecule has 3 aromatic carbocycles. The van der Waals surface area contributed by atoms with Crippen LogP contribution in [0.15, 0.2) is 84.6 Å². The Bertz CT molecular complexity index is 1440. The minimum Gasteiger partial charge on any atom is -0.508 e. The molecule has 7 heteroatoms. The van der Waals surface area contributed by atoms with Gasteiger partial charge in [-0.15, -0.1) is 0 Å². The predicted octanol–water partition coefficient (Wildman–Crippen LogP) is 5.19. The van der Waals surface area contributed by atoms with Gasteiger partial charge in [-0.25, -0.2) is 0 Å². The molecule has 1 aromatic heterocycles. The molecule has 2 heterocycles. The molecule has 0 aliphatic carbocycles. The molecule has 34 heavy (non-hydrogen) atoms. The lowest BCUT2D eigenvalue weighted by molar-refractivity contribution is -0.139. The molecule has 1 aliphatic rings. The monoisotopic (exact) mass is 472 g/mol. The van der Waals surface area contributed by atoms with Crippen molar-refractivity contribution in [3.05, 3.63) is 106 Å². The van der Waals surface area contributed by atoms with Crippen molar-refractivity contribution in [3.8, 4) is 5.75 Å². The van der Waals surface area contributed by atoms with Crippen LogP contribution in [0.2, 0.25) is 5.02 Å². The van der Waals surface area contributed by atoms with Gasteiger partial charge in [0.15, 0.2) is 0 Å². The molecule has 3 N–H and O–H groups in total. The second-order valence-corrected chi connectivity index (χ2v) is 8.64. The number of para-hydroxylation sites is 1. The van der Waals surface area contributed by atoms with Crippen molar-refractivity contribution in [1.29, 1.82) is 0 Å². The van der Waals surface area contributed by atoms with E-state index >= 15 is 0 Å². The van der Waals surface area contributed by atoms with Gasteiger partial charge >= 0.3 is 0 Å². The van der Waals surface area contributed by atoms with Crippen molar-refractivity contribution < 1.29 is 19.8 Å². The van der Waals surface area contributed by atoms with Gasteiger partial charge in [-0.3, -0.25) is 9.59 Å². The number of halogens is 1. The number of Topliss-reactive ketones (excluding diaryl/α,β-unsaturated/α-hetero) is 1. The summed E-state index contributed by atoms with van der Waals surface area (Å²) in [6.45, 7) is 0.254. The van der Waals surface area contributed by atoms with Crippen LogP contribution in [0.5, 0.6) is 5.75 Å². The van der Waals surface area contributed by atoms with Crippen LogP contribution in [0.1, 0.15) is 22.7 Å². The van der Waals surface area contributed by atoms with Crippen molar-refractivity contribution in [2.45, 2.75) is 12.5 Å². The fourth-order valence-electron chi connectivity index (χ4n) is 4.49. The summed E-state index contributed by atoms with van der Waals surface area (Å²) in [6.07, 6.45) is 2.41. The predicted molar refractivity (Wildman–Crippen MR) is 131 cm³/mol. The molecule has 6 nitrogen and oxygen atoms in total. The number of hydrogen-bond acceptors (Lipinski definition) is 4. The van der Waals surface area contributed by atoms with Crippen molar-refractivity contribution in [2.24, 2.45) is 0 Å². The fourth-order valence-corrected chi connectivity index (χ4v) is 4.62. The highest BCUT2D eigenvalue weighted by Gasteiger charge is 2.46. The van der Waals surface area contributed by atoms with Crippen LogP contribution in [0, 0.1) is 0 Å². The molecule has 1 fully saturated rings. The number of aromatic amines is 1. The molecular weight excluding hydrogens is 452 g/mol. The number of likely N-dealkylation sites (tertiary alicyclic amines) is 1. The Labute approximate surface area is 200 Å². The molecule has 5 rings (SSSR count). The first-order chi connectivity index (χ1) is 16.4. The minimum absolute atomic E-state index is 0.00575. The number of aromatic hydroxyl groups is 1. The number of aliphatic hydroxyl groups excluding tert-OH is 1. The molecule has 0 bridgehead atoms. The third-order valence-corrected chi connectivity index (χ3v) is 6.39. The number of carbonyl (C=O) groups is 2. The smallest absolute Gasteiger partial charge is 0.295 e. The van der Waals surface area contributed by atoms with Gasteiger partial charge in [0.25, 0.3) is 11.7 Å². The van der Waals surface area contributed by atoms with Gasteiger partial charge in [-0.2, -0.15) is 0 Å². The molecule has 0 radical (unpaired) electrons. The fraction of sp³-hybridized carbons (Fsp3) is 0.111. The van der Waals surface area contributed by atoms with Crippen LogP contribution in [-0.4, -0.2) is 38.3 Å². The lowest BCUT2D eigenvalue weighted by atomic mass is 9.95. The summed E-state index contributed by atoms with van der Waals surface area (Å²) in [5.74, 6) is -1.73. The number of benzene rings is 3. The number of aromatic nitrogens is 1. The van der Waals surface area contributed by atoms with E-state index in [-0.39, 0.29) is 23.6 Å². The van der Waals surface area contributed by atoms with Crippen LogP contribution >= 0.6 is 11.6 Å². The van der Waals surface area contributed by atoms with Gasteiger partial charge in [0, 0.05) is 34.2 Å². The number of phenols is 1. The topological polar surface area (TPSA) is 93.6 Å². The zero-order valence-electron chi connectivity index (χ0n) is 18.0. The van der Waals surface area contributed by atoms with Crippen LogP contribution in [0.25, 0.3) is 16.7 Å². The Morgan fingerprint density at radius 2 is 1.76 bits per heavy atom. The van der Waals surface area contributed by atoms with Gasteiger partial charge in [-0.05, 0) is 60.0 Å². The van der Waals surface area contributed by atoms with Crippen LogP contribution < -0.4 is 0 Å². The van der Waals surface area contributed by atoms with Crippen LogP contribution in [0.3, 0.4) is 0 Å². The van der Waals surface area contributed by atoms with Gasteiger partial charge in [0.1, 0.15) is 11.5 Å². The molecule has 170 valence electrons. The number of fused-ring (bicyclic) bond motifs is 1. The zero-order chi connectivity index (χ0) is 23.8. The number of amides is 1. The van der Waals surface area contributed by atoms with E-state index in [1.807, 2.05) is 30.5 Å². The number of hydrogen-bond donors (Lipinski definition) is 3. The summed E-state index contributed by atoms with van der Waals surface area (Å²) in [5.41, 5.74) is 2.91. The quantitative estimate of drug-likeness (QED) is 0.211. The lowest BCUT2D eigenvalue weighted by Gasteiger charge is -2.25. The third kappa shape index (κ3) is 3.82. The maximum Gasteiger partial charge on any atom is 0.295 e. The molecule has 0 spiro atoms. The minimum atomic E-state index is -0.840. The number of carbonyl (C=O) groups excluding carboxylic acids is 2. The third-order valence-electron chi connectivity index (χ3n) is 6.14. The van der Waals surface area contributed by atoms with E-state index in [4.69, 9.17) is 11.6 Å². The molecular formula is C27H21ClN2O4. The molecule has 4 aromatic rings. The average Bonchev–Trinajstić information content (AvgIpc) is 3.36. The average molecular weight is 473 g/mol. The number of rotatable bonds is 5. The van der Waals surface area contributed by atoms with Crippen molar-refractivity contribution in [2.75, 3.05) is 6.54 Å². The summed E-state index contributed by atoms with van der Waals surface area (Å²) in [4.78, 5) is 31.0. The van der Waals surface area contributed by atoms with E-state index < -0.39 is 17.7 Å². The van der Waals surface area contributed by atoms with Crippen LogP contribution in [0.4, 0.5) is 0 Å². The Morgan fingerprint density at radius 1 is 1.00 bits per heavy atom. The van der Waals surface area contributed by atoms with E-state index in [1.165, 1.54) is 17.0 Å². The van der Waals surface area contributed by atoms with Crippen molar-refractivity contribution in [3.63, 3.8) is 0 Å². The Morgan fingerprint density at radius 3 is 2.53 bits per heavy atom. The van der Waals surface area contributed by atoms with Gasteiger partial charge in [0.2, 0.25) is 0 Å². The Hall–Kier alpha value is -4.03. The number of aliphatic hydroxyl groups is 1. The molecule has 0 saturated carbocycles. The number of nitrogens with one attached hydrogen (secondary N) is 1. The lowest BCUT2D eigenvalue weighted by Crippen LogP contribution is -2.31. The van der Waals surface area contributed by atoms with Crippen LogP contribution in [-0.2, 0) is 16.0 Å². The largest absolute Gasteiger partial charge is 0.508 e. The second-order valence-electron chi connectivity index (χ2n) is 8.20. The molecule has 1 atom stereocenters. The Kier molecular flexibility index (Phi) is 5.59. The summed E-state index contributed by atoms with van der Waals surface area (Å²) >= 11 is 5.97. The van der Waals surface area contributed by atoms with Gasteiger partial charge in [0.05, 0.1) is 11.6 Å². The summed E-state index contributed by atoms with van der Waals surface area (Å²) in [7, 11) is 0. The zero-order valence-corrected chi connectivity index (χ0v) is 18.8. The highest BCUT2D eigenvalue weighted by atomic mass is 35.5. The maximum atomic E-state index is 13.1. The second kappa shape index (κ2) is 8.72. The first-order valence-electron chi connectivity index (χ1n) is 10.8. The number of nitrogens with zero attached hydrogens (tertiary/aromatic N) is 1. The molecule has 1 aliphatic heterocycles. The van der Waals surface area contributed by atoms with Gasteiger partial charge in [-0.1, -0.05) is 41.9 Å². The first-order valence-corrected chi connectivity index (χ1v) is 11.2. The van der Waals surface area contributed by atoms with E-state index in [9.17, 15) is 19.8 Å². The van der Waals surface area contributed by atoms with Crippen molar-refractivity contribution in [1.82, 2.24) is 9.88 Å². The maximum absolute atomic E-state index is 13.1. The molecule has 1 saturated heterocycles. The Balaban J connectivity index is 1.57. The molecule has 0 unspecified atom stereocenters. The van der Waals surface area contributed by atoms with E-state index in [0.717, 1.165) is 16.5 Å². The highest BCUT2D eigenvalue weighted by molar-refractivity contribution is 6.46. The standard InChI is InChI=1S/C27H21ClN2O4/c28-19-10-8-16(9-11-19)25(32)23-24(17-4-3-5-20(31)14-17)30(27(34)26(23)33)13-12-18-15-29-22-7-2-1-6-21(18)22/h1-11,14-15,24,29,31-32H,12-13H2/t24-/m0/s1. The van der Waals surface area contributed by atoms with E-state index in [0.29, 0.717) is 22.6 Å². The number of H-pyrrole nitrogens is 1. The normalized spacial score (nSPS) is 17.6. The summed E-state index contributed by atoms with van der Waals surface area (Å²) in [5, 5.41) is 22.7. The molecule has 1 amide bonds. The number of ketones is 1. The van der Waals surface area contributed by atoms with Crippen molar-refractivity contribution >= 4 is 40.0 Å². The highest BCUT2D eigenvalue weighted by Crippen LogP contribution is 2.40.